The number of rotatable bonds is 3. The maximum Gasteiger partial charge on any atom is 0.312 e. The van der Waals surface area contributed by atoms with Gasteiger partial charge in [-0.1, -0.05) is 11.6 Å². The fourth-order valence-corrected chi connectivity index (χ4v) is 2.12. The first kappa shape index (κ1) is 11.9. The molecule has 0 bridgehead atoms. The minimum absolute atomic E-state index is 0.430. The molecule has 5 nitrogen and oxygen atoms in total. The predicted molar refractivity (Wildman–Crippen MR) is 69.7 cm³/mol. The van der Waals surface area contributed by atoms with Crippen LogP contribution in [0.5, 0.6) is 0 Å². The Kier molecular flexibility index (Phi) is 3.35. The van der Waals surface area contributed by atoms with Gasteiger partial charge >= 0.3 is 6.03 Å². The van der Waals surface area contributed by atoms with E-state index in [4.69, 9.17) is 29.6 Å². The highest BCUT2D eigenvalue weighted by atomic mass is 35.5. The molecule has 1 aromatic heterocycles. The third-order valence-electron chi connectivity index (χ3n) is 2.37. The average molecular weight is 271 g/mol. The lowest BCUT2D eigenvalue weighted by atomic mass is 10.3. The molecule has 0 radical (unpaired) electrons. The average Bonchev–Trinajstić information content (AvgIpc) is 2.54. The SMILES string of the molecule is NC(=O)NCCn1c(=S)[nH]c2cc(Cl)ccc21. The van der Waals surface area contributed by atoms with Crippen molar-refractivity contribution in [3.63, 3.8) is 0 Å². The highest BCUT2D eigenvalue weighted by Crippen LogP contribution is 2.18. The van der Waals surface area contributed by atoms with Crippen LogP contribution >= 0.6 is 23.8 Å². The fraction of sp³-hybridized carbons (Fsp3) is 0.200. The fourth-order valence-electron chi connectivity index (χ4n) is 1.65. The Balaban J connectivity index is 2.30. The number of carbonyl (C=O) groups is 1. The van der Waals surface area contributed by atoms with E-state index in [1.54, 1.807) is 6.07 Å². The van der Waals surface area contributed by atoms with Crippen LogP contribution in [0.4, 0.5) is 4.79 Å². The first-order valence-corrected chi connectivity index (χ1v) is 5.78. The largest absolute Gasteiger partial charge is 0.352 e. The van der Waals surface area contributed by atoms with Gasteiger partial charge in [0.15, 0.2) is 4.77 Å². The molecule has 7 heteroatoms. The molecule has 0 unspecified atom stereocenters. The first-order valence-electron chi connectivity index (χ1n) is 4.99. The first-order chi connectivity index (χ1) is 8.08. The van der Waals surface area contributed by atoms with Gasteiger partial charge in [-0.05, 0) is 30.4 Å². The van der Waals surface area contributed by atoms with Gasteiger partial charge in [0.25, 0.3) is 0 Å². The maximum absolute atomic E-state index is 10.6. The molecule has 0 saturated heterocycles. The summed E-state index contributed by atoms with van der Waals surface area (Å²) in [5, 5.41) is 3.17. The van der Waals surface area contributed by atoms with Crippen LogP contribution in [0.1, 0.15) is 0 Å². The number of primary amides is 1. The number of aromatic nitrogens is 2. The number of nitrogens with zero attached hydrogens (tertiary/aromatic N) is 1. The van der Waals surface area contributed by atoms with Crippen molar-refractivity contribution in [2.24, 2.45) is 5.73 Å². The smallest absolute Gasteiger partial charge is 0.312 e. The minimum Gasteiger partial charge on any atom is -0.352 e. The lowest BCUT2D eigenvalue weighted by molar-refractivity contribution is 0.248. The van der Waals surface area contributed by atoms with Crippen molar-refractivity contribution >= 4 is 40.9 Å². The summed E-state index contributed by atoms with van der Waals surface area (Å²) < 4.78 is 2.48. The van der Waals surface area contributed by atoms with E-state index in [0.29, 0.717) is 22.9 Å². The van der Waals surface area contributed by atoms with Crippen LogP contribution in [0.2, 0.25) is 5.02 Å². The molecular weight excluding hydrogens is 260 g/mol. The van der Waals surface area contributed by atoms with Crippen molar-refractivity contribution in [3.05, 3.63) is 28.0 Å². The van der Waals surface area contributed by atoms with E-state index in [-0.39, 0.29) is 0 Å². The molecule has 0 aliphatic carbocycles. The number of hydrogen-bond donors (Lipinski definition) is 3. The Bertz CT molecular complexity index is 618. The molecule has 0 fully saturated rings. The van der Waals surface area contributed by atoms with Gasteiger partial charge < -0.3 is 20.6 Å². The predicted octanol–water partition coefficient (Wildman–Crippen LogP) is 2.02. The maximum atomic E-state index is 10.6. The summed E-state index contributed by atoms with van der Waals surface area (Å²) in [7, 11) is 0. The van der Waals surface area contributed by atoms with Crippen molar-refractivity contribution in [1.29, 1.82) is 0 Å². The highest BCUT2D eigenvalue weighted by Gasteiger charge is 2.04. The molecule has 90 valence electrons. The van der Waals surface area contributed by atoms with Crippen molar-refractivity contribution in [2.75, 3.05) is 6.54 Å². The number of benzene rings is 1. The Morgan fingerprint density at radius 1 is 1.59 bits per heavy atom. The second-order valence-corrected chi connectivity index (χ2v) is 4.36. The Labute approximate surface area is 108 Å². The summed E-state index contributed by atoms with van der Waals surface area (Å²) in [6.45, 7) is 0.989. The van der Waals surface area contributed by atoms with Crippen LogP contribution in [-0.4, -0.2) is 22.1 Å². The molecular formula is C10H11ClN4OS. The molecule has 2 amide bonds. The van der Waals surface area contributed by atoms with E-state index >= 15 is 0 Å². The molecule has 1 heterocycles. The topological polar surface area (TPSA) is 75.8 Å². The summed E-state index contributed by atoms with van der Waals surface area (Å²) in [4.78, 5) is 13.6. The van der Waals surface area contributed by atoms with Crippen LogP contribution in [0.25, 0.3) is 11.0 Å². The van der Waals surface area contributed by atoms with Gasteiger partial charge in [-0.25, -0.2) is 4.79 Å². The number of nitrogens with one attached hydrogen (secondary N) is 2. The molecule has 2 rings (SSSR count). The third-order valence-corrected chi connectivity index (χ3v) is 2.93. The lowest BCUT2D eigenvalue weighted by Crippen LogP contribution is -2.32. The van der Waals surface area contributed by atoms with Crippen LogP contribution in [0.15, 0.2) is 18.2 Å². The van der Waals surface area contributed by atoms with Crippen LogP contribution < -0.4 is 11.1 Å². The molecule has 0 atom stereocenters. The quantitative estimate of drug-likeness (QED) is 0.747. The molecule has 0 saturated carbocycles. The molecule has 2 aromatic rings. The number of aromatic amines is 1. The number of hydrogen-bond acceptors (Lipinski definition) is 2. The number of nitrogens with two attached hydrogens (primary N) is 1. The van der Waals surface area contributed by atoms with Crippen molar-refractivity contribution < 1.29 is 4.79 Å². The zero-order valence-corrected chi connectivity index (χ0v) is 10.4. The number of amides is 2. The molecule has 0 aliphatic heterocycles. The summed E-state index contributed by atoms with van der Waals surface area (Å²) in [6, 6.07) is 4.95. The highest BCUT2D eigenvalue weighted by molar-refractivity contribution is 7.71. The summed E-state index contributed by atoms with van der Waals surface area (Å²) in [5.41, 5.74) is 6.82. The van der Waals surface area contributed by atoms with Crippen molar-refractivity contribution in [1.82, 2.24) is 14.9 Å². The number of H-pyrrole nitrogens is 1. The van der Waals surface area contributed by atoms with Crippen LogP contribution in [-0.2, 0) is 6.54 Å². The van der Waals surface area contributed by atoms with E-state index in [9.17, 15) is 4.79 Å². The van der Waals surface area contributed by atoms with E-state index in [0.717, 1.165) is 11.0 Å². The normalized spacial score (nSPS) is 10.6. The van der Waals surface area contributed by atoms with Gasteiger partial charge in [-0.3, -0.25) is 0 Å². The Hall–Kier alpha value is -1.53. The van der Waals surface area contributed by atoms with Gasteiger partial charge in [0.05, 0.1) is 11.0 Å². The summed E-state index contributed by atoms with van der Waals surface area (Å²) >= 11 is 11.1. The molecule has 4 N–H and O–H groups in total. The second-order valence-electron chi connectivity index (χ2n) is 3.53. The van der Waals surface area contributed by atoms with Crippen LogP contribution in [0.3, 0.4) is 0 Å². The molecule has 17 heavy (non-hydrogen) atoms. The molecule has 0 aliphatic rings. The van der Waals surface area contributed by atoms with E-state index in [2.05, 4.69) is 10.3 Å². The Morgan fingerprint density at radius 3 is 3.06 bits per heavy atom. The number of halogens is 1. The Morgan fingerprint density at radius 2 is 2.35 bits per heavy atom. The molecule has 1 aromatic carbocycles. The minimum atomic E-state index is -0.542. The number of urea groups is 1. The van der Waals surface area contributed by atoms with Gasteiger partial charge in [0, 0.05) is 18.1 Å². The van der Waals surface area contributed by atoms with Gasteiger partial charge in [0.2, 0.25) is 0 Å². The van der Waals surface area contributed by atoms with E-state index in [1.807, 2.05) is 16.7 Å². The van der Waals surface area contributed by atoms with E-state index < -0.39 is 6.03 Å². The zero-order valence-electron chi connectivity index (χ0n) is 8.87. The van der Waals surface area contributed by atoms with Gasteiger partial charge in [-0.15, -0.1) is 0 Å². The van der Waals surface area contributed by atoms with Crippen molar-refractivity contribution in [3.8, 4) is 0 Å². The van der Waals surface area contributed by atoms with Gasteiger partial charge in [0.1, 0.15) is 0 Å². The molecule has 0 spiro atoms. The monoisotopic (exact) mass is 270 g/mol. The van der Waals surface area contributed by atoms with E-state index in [1.165, 1.54) is 0 Å². The third kappa shape index (κ3) is 2.59. The van der Waals surface area contributed by atoms with Gasteiger partial charge in [-0.2, -0.15) is 0 Å². The standard InChI is InChI=1S/C10H11ClN4OS/c11-6-1-2-8-7(5-6)14-10(17)15(8)4-3-13-9(12)16/h1-2,5H,3-4H2,(H,14,17)(H3,12,13,16). The van der Waals surface area contributed by atoms with Crippen LogP contribution in [0, 0.1) is 4.77 Å². The zero-order chi connectivity index (χ0) is 12.4. The number of carbonyl (C=O) groups excluding carboxylic acids is 1. The second kappa shape index (κ2) is 4.77. The lowest BCUT2D eigenvalue weighted by Gasteiger charge is -2.04. The number of fused-ring (bicyclic) bond motifs is 1. The number of imidazole rings is 1. The van der Waals surface area contributed by atoms with Crippen molar-refractivity contribution in [2.45, 2.75) is 6.54 Å². The summed E-state index contributed by atoms with van der Waals surface area (Å²) in [5.74, 6) is 0. The summed E-state index contributed by atoms with van der Waals surface area (Å²) in [6.07, 6.45) is 0.